The summed E-state index contributed by atoms with van der Waals surface area (Å²) in [6.45, 7) is 2.86. The fourth-order valence-corrected chi connectivity index (χ4v) is 3.82. The van der Waals surface area contributed by atoms with Gasteiger partial charge < -0.3 is 9.47 Å². The number of ether oxygens (including phenoxy) is 2. The van der Waals surface area contributed by atoms with Gasteiger partial charge in [0.1, 0.15) is 6.10 Å². The third kappa shape index (κ3) is 4.28. The van der Waals surface area contributed by atoms with Crippen LogP contribution in [0.25, 0.3) is 0 Å². The Kier molecular flexibility index (Phi) is 5.35. The number of aromatic nitrogens is 2. The molecule has 1 aliphatic heterocycles. The first-order valence-corrected chi connectivity index (χ1v) is 8.67. The van der Waals surface area contributed by atoms with Gasteiger partial charge in [0.2, 0.25) is 15.9 Å². The van der Waals surface area contributed by atoms with E-state index in [1.165, 1.54) is 7.11 Å². The summed E-state index contributed by atoms with van der Waals surface area (Å²) in [5.74, 6) is 0.665. The summed E-state index contributed by atoms with van der Waals surface area (Å²) < 4.78 is 36.2. The summed E-state index contributed by atoms with van der Waals surface area (Å²) in [7, 11) is -1.61. The Bertz CT molecular complexity index is 556. The van der Waals surface area contributed by atoms with Crippen LogP contribution in [-0.4, -0.2) is 54.7 Å². The minimum absolute atomic E-state index is 0.0299. The van der Waals surface area contributed by atoms with Crippen molar-refractivity contribution in [3.8, 4) is 11.9 Å². The van der Waals surface area contributed by atoms with E-state index in [4.69, 9.17) is 9.47 Å². The van der Waals surface area contributed by atoms with Crippen molar-refractivity contribution >= 4 is 10.0 Å². The van der Waals surface area contributed by atoms with Gasteiger partial charge in [-0.1, -0.05) is 6.92 Å². The molecule has 0 N–H and O–H groups in total. The van der Waals surface area contributed by atoms with Crippen LogP contribution in [0.5, 0.6) is 11.9 Å². The van der Waals surface area contributed by atoms with Gasteiger partial charge in [0.25, 0.3) is 0 Å². The van der Waals surface area contributed by atoms with Crippen molar-refractivity contribution in [1.29, 1.82) is 0 Å². The third-order valence-corrected chi connectivity index (χ3v) is 5.41. The quantitative estimate of drug-likeness (QED) is 0.781. The maximum absolute atomic E-state index is 12.0. The van der Waals surface area contributed by atoms with Crippen LogP contribution >= 0.6 is 0 Å². The lowest BCUT2D eigenvalue weighted by molar-refractivity contribution is 0.128. The molecule has 1 aliphatic rings. The molecule has 0 bridgehead atoms. The Balaban J connectivity index is 1.89. The van der Waals surface area contributed by atoms with Gasteiger partial charge in [0.05, 0.1) is 12.9 Å². The second-order valence-electron chi connectivity index (χ2n) is 4.91. The zero-order valence-corrected chi connectivity index (χ0v) is 13.2. The highest BCUT2D eigenvalue weighted by atomic mass is 32.2. The number of sulfonamides is 1. The van der Waals surface area contributed by atoms with E-state index in [1.54, 1.807) is 16.6 Å². The van der Waals surface area contributed by atoms with Gasteiger partial charge in [-0.05, 0) is 19.3 Å². The summed E-state index contributed by atoms with van der Waals surface area (Å²) in [5.41, 5.74) is 0. The lowest BCUT2D eigenvalue weighted by Gasteiger charge is -2.31. The van der Waals surface area contributed by atoms with Gasteiger partial charge in [-0.2, -0.15) is 4.98 Å². The van der Waals surface area contributed by atoms with Crippen molar-refractivity contribution in [2.24, 2.45) is 0 Å². The molecule has 1 aromatic heterocycles. The van der Waals surface area contributed by atoms with Gasteiger partial charge in [0, 0.05) is 25.4 Å². The number of hydrogen-bond donors (Lipinski definition) is 0. The Morgan fingerprint density at radius 3 is 2.71 bits per heavy atom. The second kappa shape index (κ2) is 7.04. The first-order chi connectivity index (χ1) is 10.0. The van der Waals surface area contributed by atoms with Crippen LogP contribution in [0.2, 0.25) is 0 Å². The summed E-state index contributed by atoms with van der Waals surface area (Å²) in [4.78, 5) is 8.01. The molecule has 21 heavy (non-hydrogen) atoms. The molecule has 8 heteroatoms. The molecule has 0 spiro atoms. The topological polar surface area (TPSA) is 81.6 Å². The van der Waals surface area contributed by atoms with Crippen LogP contribution in [0.4, 0.5) is 0 Å². The largest absolute Gasteiger partial charge is 0.474 e. The summed E-state index contributed by atoms with van der Waals surface area (Å²) in [6.07, 6.45) is 3.50. The van der Waals surface area contributed by atoms with Crippen LogP contribution < -0.4 is 9.47 Å². The molecule has 0 aliphatic carbocycles. The van der Waals surface area contributed by atoms with Crippen molar-refractivity contribution in [2.45, 2.75) is 32.3 Å². The van der Waals surface area contributed by atoms with E-state index in [9.17, 15) is 8.42 Å². The van der Waals surface area contributed by atoms with Crippen molar-refractivity contribution < 1.29 is 17.9 Å². The van der Waals surface area contributed by atoms with Crippen molar-refractivity contribution in [2.75, 3.05) is 26.0 Å². The van der Waals surface area contributed by atoms with Gasteiger partial charge in [-0.25, -0.2) is 17.7 Å². The third-order valence-electron chi connectivity index (χ3n) is 3.33. The maximum atomic E-state index is 12.0. The molecule has 0 unspecified atom stereocenters. The van der Waals surface area contributed by atoms with Crippen molar-refractivity contribution in [3.05, 3.63) is 12.3 Å². The zero-order valence-electron chi connectivity index (χ0n) is 12.4. The SMILES string of the molecule is CCCS(=O)(=O)N1CCC(Oc2ccnc(OC)n2)CC1. The van der Waals surface area contributed by atoms with E-state index in [2.05, 4.69) is 9.97 Å². The van der Waals surface area contributed by atoms with Crippen LogP contribution in [0.1, 0.15) is 26.2 Å². The lowest BCUT2D eigenvalue weighted by Crippen LogP contribution is -2.42. The molecule has 7 nitrogen and oxygen atoms in total. The van der Waals surface area contributed by atoms with E-state index < -0.39 is 10.0 Å². The standard InChI is InChI=1S/C13H21N3O4S/c1-3-10-21(17,18)16-8-5-11(6-9-16)20-12-4-7-14-13(15-12)19-2/h4,7,11H,3,5-6,8-10H2,1-2H3. The molecule has 2 heterocycles. The normalized spacial score (nSPS) is 17.6. The molecule has 0 aromatic carbocycles. The van der Waals surface area contributed by atoms with E-state index in [0.717, 1.165) is 0 Å². The summed E-state index contributed by atoms with van der Waals surface area (Å²) >= 11 is 0. The fraction of sp³-hybridized carbons (Fsp3) is 0.692. The van der Waals surface area contributed by atoms with Gasteiger partial charge in [-0.15, -0.1) is 0 Å². The number of rotatable bonds is 6. The number of nitrogens with zero attached hydrogens (tertiary/aromatic N) is 3. The van der Waals surface area contributed by atoms with Gasteiger partial charge in [-0.3, -0.25) is 0 Å². The lowest BCUT2D eigenvalue weighted by atomic mass is 10.1. The van der Waals surface area contributed by atoms with E-state index >= 15 is 0 Å². The van der Waals surface area contributed by atoms with Crippen molar-refractivity contribution in [3.63, 3.8) is 0 Å². The number of hydrogen-bond acceptors (Lipinski definition) is 6. The van der Waals surface area contributed by atoms with Crippen molar-refractivity contribution in [1.82, 2.24) is 14.3 Å². The molecule has 0 amide bonds. The molecular formula is C13H21N3O4S. The van der Waals surface area contributed by atoms with Gasteiger partial charge >= 0.3 is 6.01 Å². The molecule has 0 radical (unpaired) electrons. The Hall–Kier alpha value is -1.41. The zero-order chi connectivity index (χ0) is 15.3. The predicted octanol–water partition coefficient (Wildman–Crippen LogP) is 1.07. The first-order valence-electron chi connectivity index (χ1n) is 7.06. The minimum Gasteiger partial charge on any atom is -0.474 e. The average Bonchev–Trinajstić information content (AvgIpc) is 2.48. The monoisotopic (exact) mass is 315 g/mol. The second-order valence-corrected chi connectivity index (χ2v) is 7.00. The van der Waals surface area contributed by atoms with Crippen LogP contribution in [0.15, 0.2) is 12.3 Å². The Morgan fingerprint density at radius 1 is 1.38 bits per heavy atom. The molecule has 1 aromatic rings. The van der Waals surface area contributed by atoms with E-state index in [1.807, 2.05) is 6.92 Å². The predicted molar refractivity (Wildman–Crippen MR) is 77.9 cm³/mol. The highest BCUT2D eigenvalue weighted by molar-refractivity contribution is 7.89. The molecular weight excluding hydrogens is 294 g/mol. The summed E-state index contributed by atoms with van der Waals surface area (Å²) in [5, 5.41) is 0. The van der Waals surface area contributed by atoms with E-state index in [0.29, 0.717) is 38.2 Å². The summed E-state index contributed by atoms with van der Waals surface area (Å²) in [6, 6.07) is 1.93. The Morgan fingerprint density at radius 2 is 2.10 bits per heavy atom. The first kappa shape index (κ1) is 16.0. The number of piperidine rings is 1. The molecule has 118 valence electrons. The molecule has 1 fully saturated rings. The fourth-order valence-electron chi connectivity index (χ4n) is 2.28. The van der Waals surface area contributed by atoms with E-state index in [-0.39, 0.29) is 17.9 Å². The van der Waals surface area contributed by atoms with Crippen LogP contribution in [0, 0.1) is 0 Å². The molecule has 0 saturated carbocycles. The van der Waals surface area contributed by atoms with Gasteiger partial charge in [0.15, 0.2) is 0 Å². The maximum Gasteiger partial charge on any atom is 0.319 e. The highest BCUT2D eigenvalue weighted by Crippen LogP contribution is 2.20. The van der Waals surface area contributed by atoms with Crippen LogP contribution in [-0.2, 0) is 10.0 Å². The Labute approximate surface area is 125 Å². The van der Waals surface area contributed by atoms with Crippen LogP contribution in [0.3, 0.4) is 0 Å². The average molecular weight is 315 g/mol. The molecule has 1 saturated heterocycles. The molecule has 2 rings (SSSR count). The molecule has 0 atom stereocenters. The minimum atomic E-state index is -3.11. The highest BCUT2D eigenvalue weighted by Gasteiger charge is 2.28. The number of methoxy groups -OCH3 is 1. The smallest absolute Gasteiger partial charge is 0.319 e.